The standard InChI is InChI=1S/C21H25NO6/c1-6-27-18-8-13-7-12(2)28-16(13)10-15(18)22-21(23)14-9-19(25-4)20(26-5)11-17(14)24-3/h8-12H,6-7H2,1-5H3,(H,22,23)/t12-/m1/s1. The van der Waals surface area contributed by atoms with Crippen molar-refractivity contribution in [3.8, 4) is 28.7 Å². The monoisotopic (exact) mass is 387 g/mol. The number of ether oxygens (including phenoxy) is 5. The van der Waals surface area contributed by atoms with E-state index in [1.807, 2.05) is 19.9 Å². The van der Waals surface area contributed by atoms with Crippen LogP contribution in [0.4, 0.5) is 5.69 Å². The van der Waals surface area contributed by atoms with E-state index in [2.05, 4.69) is 5.32 Å². The summed E-state index contributed by atoms with van der Waals surface area (Å²) < 4.78 is 27.5. The molecular weight excluding hydrogens is 362 g/mol. The molecule has 1 atom stereocenters. The van der Waals surface area contributed by atoms with Crippen molar-refractivity contribution in [2.24, 2.45) is 0 Å². The molecule has 0 saturated heterocycles. The van der Waals surface area contributed by atoms with Crippen LogP contribution in [0.1, 0.15) is 29.8 Å². The summed E-state index contributed by atoms with van der Waals surface area (Å²) in [7, 11) is 4.53. The molecule has 7 heteroatoms. The molecule has 1 N–H and O–H groups in total. The summed E-state index contributed by atoms with van der Waals surface area (Å²) in [4.78, 5) is 13.0. The average Bonchev–Trinajstić information content (AvgIpc) is 3.05. The second kappa shape index (κ2) is 8.29. The highest BCUT2D eigenvalue weighted by Crippen LogP contribution is 2.39. The topological polar surface area (TPSA) is 75.3 Å². The lowest BCUT2D eigenvalue weighted by molar-refractivity contribution is 0.102. The molecule has 0 unspecified atom stereocenters. The lowest BCUT2D eigenvalue weighted by Crippen LogP contribution is -2.15. The molecule has 2 aromatic carbocycles. The molecule has 0 radical (unpaired) electrons. The van der Waals surface area contributed by atoms with Crippen LogP contribution >= 0.6 is 0 Å². The van der Waals surface area contributed by atoms with Gasteiger partial charge in [0.1, 0.15) is 23.4 Å². The number of hydrogen-bond acceptors (Lipinski definition) is 6. The van der Waals surface area contributed by atoms with E-state index in [9.17, 15) is 4.79 Å². The summed E-state index contributed by atoms with van der Waals surface area (Å²) in [6, 6.07) is 6.92. The molecule has 1 heterocycles. The number of carbonyl (C=O) groups excluding carboxylic acids is 1. The van der Waals surface area contributed by atoms with Crippen molar-refractivity contribution in [1.82, 2.24) is 0 Å². The summed E-state index contributed by atoms with van der Waals surface area (Å²) in [5.74, 6) is 2.29. The maximum Gasteiger partial charge on any atom is 0.259 e. The van der Waals surface area contributed by atoms with E-state index in [0.717, 1.165) is 17.7 Å². The zero-order chi connectivity index (χ0) is 20.3. The van der Waals surface area contributed by atoms with Crippen molar-refractivity contribution in [3.63, 3.8) is 0 Å². The molecular formula is C21H25NO6. The van der Waals surface area contributed by atoms with E-state index in [1.54, 1.807) is 18.2 Å². The molecule has 2 aromatic rings. The quantitative estimate of drug-likeness (QED) is 0.781. The van der Waals surface area contributed by atoms with Crippen LogP contribution in [-0.2, 0) is 6.42 Å². The van der Waals surface area contributed by atoms with Crippen LogP contribution in [0.5, 0.6) is 28.7 Å². The van der Waals surface area contributed by atoms with E-state index in [4.69, 9.17) is 23.7 Å². The van der Waals surface area contributed by atoms with Gasteiger partial charge in [0.25, 0.3) is 5.91 Å². The van der Waals surface area contributed by atoms with Crippen LogP contribution in [0.3, 0.4) is 0 Å². The Kier molecular flexibility index (Phi) is 5.82. The molecule has 1 aliphatic rings. The van der Waals surface area contributed by atoms with Crippen LogP contribution in [0.15, 0.2) is 24.3 Å². The SMILES string of the molecule is CCOc1cc2c(cc1NC(=O)c1cc(OC)c(OC)cc1OC)O[C@H](C)C2. The Labute approximate surface area is 164 Å². The first-order chi connectivity index (χ1) is 13.5. The Hall–Kier alpha value is -3.09. The Bertz CT molecular complexity index is 880. The molecule has 3 rings (SSSR count). The molecule has 0 spiro atoms. The van der Waals surface area contributed by atoms with Gasteiger partial charge in [0.05, 0.1) is 39.2 Å². The fourth-order valence-corrected chi connectivity index (χ4v) is 3.21. The second-order valence-electron chi connectivity index (χ2n) is 6.38. The summed E-state index contributed by atoms with van der Waals surface area (Å²) in [6.07, 6.45) is 0.911. The van der Waals surface area contributed by atoms with Gasteiger partial charge in [0.15, 0.2) is 11.5 Å². The van der Waals surface area contributed by atoms with Gasteiger partial charge < -0.3 is 29.0 Å². The first-order valence-electron chi connectivity index (χ1n) is 9.08. The minimum atomic E-state index is -0.357. The zero-order valence-corrected chi connectivity index (χ0v) is 16.8. The Morgan fingerprint density at radius 3 is 2.36 bits per heavy atom. The summed E-state index contributed by atoms with van der Waals surface area (Å²) in [5.41, 5.74) is 1.92. The number of carbonyl (C=O) groups is 1. The van der Waals surface area contributed by atoms with Crippen LogP contribution in [0.2, 0.25) is 0 Å². The van der Waals surface area contributed by atoms with Gasteiger partial charge in [-0.3, -0.25) is 4.79 Å². The molecule has 1 amide bonds. The summed E-state index contributed by atoms with van der Waals surface area (Å²) in [5, 5.41) is 2.90. The largest absolute Gasteiger partial charge is 0.496 e. The smallest absolute Gasteiger partial charge is 0.259 e. The predicted octanol–water partition coefficient (Wildman–Crippen LogP) is 3.69. The molecule has 7 nitrogen and oxygen atoms in total. The first-order valence-corrected chi connectivity index (χ1v) is 9.08. The fourth-order valence-electron chi connectivity index (χ4n) is 3.21. The average molecular weight is 387 g/mol. The number of anilines is 1. The molecule has 0 aromatic heterocycles. The minimum absolute atomic E-state index is 0.0985. The third-order valence-electron chi connectivity index (χ3n) is 4.50. The summed E-state index contributed by atoms with van der Waals surface area (Å²) in [6.45, 7) is 4.39. The molecule has 150 valence electrons. The highest BCUT2D eigenvalue weighted by Gasteiger charge is 2.24. The molecule has 28 heavy (non-hydrogen) atoms. The van der Waals surface area contributed by atoms with Crippen LogP contribution < -0.4 is 29.0 Å². The molecule has 0 aliphatic carbocycles. The highest BCUT2D eigenvalue weighted by atomic mass is 16.5. The van der Waals surface area contributed by atoms with Gasteiger partial charge in [-0.1, -0.05) is 0 Å². The number of fused-ring (bicyclic) bond motifs is 1. The fraction of sp³-hybridized carbons (Fsp3) is 0.381. The lowest BCUT2D eigenvalue weighted by Gasteiger charge is -2.16. The van der Waals surface area contributed by atoms with Gasteiger partial charge in [0.2, 0.25) is 0 Å². The normalized spacial score (nSPS) is 14.7. The molecule has 0 bridgehead atoms. The predicted molar refractivity (Wildman–Crippen MR) is 105 cm³/mol. The van der Waals surface area contributed by atoms with E-state index in [1.165, 1.54) is 21.3 Å². The molecule has 1 aliphatic heterocycles. The van der Waals surface area contributed by atoms with Crippen LogP contribution in [0, 0.1) is 0 Å². The van der Waals surface area contributed by atoms with Gasteiger partial charge >= 0.3 is 0 Å². The Balaban J connectivity index is 1.96. The minimum Gasteiger partial charge on any atom is -0.496 e. The number of rotatable bonds is 7. The zero-order valence-electron chi connectivity index (χ0n) is 16.8. The van der Waals surface area contributed by atoms with Crippen molar-refractivity contribution in [3.05, 3.63) is 35.4 Å². The number of nitrogens with one attached hydrogen (secondary N) is 1. The van der Waals surface area contributed by atoms with Crippen molar-refractivity contribution < 1.29 is 28.5 Å². The Morgan fingerprint density at radius 1 is 1.04 bits per heavy atom. The number of hydrogen-bond donors (Lipinski definition) is 1. The van der Waals surface area contributed by atoms with Crippen molar-refractivity contribution in [2.45, 2.75) is 26.4 Å². The third-order valence-corrected chi connectivity index (χ3v) is 4.50. The third kappa shape index (κ3) is 3.78. The van der Waals surface area contributed by atoms with E-state index < -0.39 is 0 Å². The van der Waals surface area contributed by atoms with Crippen molar-refractivity contribution in [1.29, 1.82) is 0 Å². The first kappa shape index (κ1) is 19.7. The summed E-state index contributed by atoms with van der Waals surface area (Å²) >= 11 is 0. The Morgan fingerprint density at radius 2 is 1.71 bits per heavy atom. The van der Waals surface area contributed by atoms with E-state index in [0.29, 0.717) is 40.9 Å². The highest BCUT2D eigenvalue weighted by molar-refractivity contribution is 6.07. The van der Waals surface area contributed by atoms with Crippen LogP contribution in [-0.4, -0.2) is 39.9 Å². The van der Waals surface area contributed by atoms with Gasteiger partial charge in [-0.15, -0.1) is 0 Å². The maximum absolute atomic E-state index is 13.0. The number of benzene rings is 2. The van der Waals surface area contributed by atoms with E-state index >= 15 is 0 Å². The second-order valence-corrected chi connectivity index (χ2v) is 6.38. The van der Waals surface area contributed by atoms with Crippen molar-refractivity contribution >= 4 is 11.6 Å². The van der Waals surface area contributed by atoms with E-state index in [-0.39, 0.29) is 12.0 Å². The molecule has 0 saturated carbocycles. The van der Waals surface area contributed by atoms with Gasteiger partial charge in [-0.05, 0) is 19.9 Å². The van der Waals surface area contributed by atoms with Gasteiger partial charge in [0, 0.05) is 30.2 Å². The lowest BCUT2D eigenvalue weighted by atomic mass is 10.1. The van der Waals surface area contributed by atoms with Gasteiger partial charge in [-0.25, -0.2) is 0 Å². The maximum atomic E-state index is 13.0. The van der Waals surface area contributed by atoms with Gasteiger partial charge in [-0.2, -0.15) is 0 Å². The van der Waals surface area contributed by atoms with Crippen molar-refractivity contribution in [2.75, 3.05) is 33.3 Å². The van der Waals surface area contributed by atoms with Crippen LogP contribution in [0.25, 0.3) is 0 Å². The number of amides is 1. The number of methoxy groups -OCH3 is 3. The molecule has 0 fully saturated rings.